The van der Waals surface area contributed by atoms with Crippen molar-refractivity contribution in [2.24, 2.45) is 11.3 Å². The standard InChI is InChI=1S/C31H38ClN5O9S/c1-6-16-13-31(16,28(40)36-47(43,44)19-8-9-19)35-25(38)22-12-18(15-37(22)27(39)24(30(2,3)4)34-29(41)42)46-26-21-11-17(32)7-10-20(21)23(45-5)14-33-26/h6-7,10-11,14,16,18-19,22,24,34H,1,8-9,12-13,15H2,2-5H3,(H,35,38)(H,36,40)(H,41,42)/t16-,18-,22+,24-,31-/m1/s1. The summed E-state index contributed by atoms with van der Waals surface area (Å²) in [6.45, 7) is 8.64. The molecule has 0 unspecified atom stereocenters. The third kappa shape index (κ3) is 6.96. The first-order valence-corrected chi connectivity index (χ1v) is 17.0. The molecule has 2 heterocycles. The highest BCUT2D eigenvalue weighted by molar-refractivity contribution is 7.91. The van der Waals surface area contributed by atoms with Gasteiger partial charge in [0.15, 0.2) is 0 Å². The van der Waals surface area contributed by atoms with Crippen LogP contribution in [0.15, 0.2) is 37.1 Å². The van der Waals surface area contributed by atoms with Gasteiger partial charge in [0, 0.05) is 28.1 Å². The number of methoxy groups -OCH3 is 1. The SMILES string of the molecule is C=C[C@@H]1C[C@]1(NC(=O)[C@@H]1C[C@@H](Oc2ncc(OC)c3ccc(Cl)cc23)CN1C(=O)[C@@H](NC(=O)O)C(C)(C)C)C(=O)NS(=O)(=O)C1CC1. The molecule has 5 rings (SSSR count). The molecular formula is C31H38ClN5O9S. The number of fused-ring (bicyclic) bond motifs is 1. The number of carboxylic acid groups (broad SMARTS) is 1. The lowest BCUT2D eigenvalue weighted by atomic mass is 9.85. The van der Waals surface area contributed by atoms with E-state index in [1.54, 1.807) is 39.0 Å². The maximum atomic E-state index is 14.0. The van der Waals surface area contributed by atoms with Crippen LogP contribution in [0.25, 0.3) is 10.8 Å². The number of pyridine rings is 1. The molecule has 0 spiro atoms. The van der Waals surface area contributed by atoms with Crippen molar-refractivity contribution in [1.29, 1.82) is 0 Å². The fourth-order valence-electron chi connectivity index (χ4n) is 5.91. The Morgan fingerprint density at radius 1 is 1.21 bits per heavy atom. The number of halogens is 1. The van der Waals surface area contributed by atoms with Gasteiger partial charge < -0.3 is 30.1 Å². The second-order valence-electron chi connectivity index (χ2n) is 13.2. The summed E-state index contributed by atoms with van der Waals surface area (Å²) in [5, 5.41) is 15.5. The first-order valence-electron chi connectivity index (χ1n) is 15.1. The number of sulfonamides is 1. The normalized spacial score (nSPS) is 24.6. The summed E-state index contributed by atoms with van der Waals surface area (Å²) < 4.78 is 38.9. The summed E-state index contributed by atoms with van der Waals surface area (Å²) in [6.07, 6.45) is 1.67. The van der Waals surface area contributed by atoms with Gasteiger partial charge in [0.25, 0.3) is 5.91 Å². The Balaban J connectivity index is 1.45. The zero-order valence-corrected chi connectivity index (χ0v) is 28.0. The monoisotopic (exact) mass is 691 g/mol. The molecule has 3 fully saturated rings. The molecular weight excluding hydrogens is 654 g/mol. The topological polar surface area (TPSA) is 193 Å². The van der Waals surface area contributed by atoms with Gasteiger partial charge in [-0.1, -0.05) is 38.4 Å². The van der Waals surface area contributed by atoms with Crippen LogP contribution in [0.1, 0.15) is 46.5 Å². The van der Waals surface area contributed by atoms with Crippen LogP contribution in [0.2, 0.25) is 5.02 Å². The first-order chi connectivity index (χ1) is 22.0. The van der Waals surface area contributed by atoms with Gasteiger partial charge in [-0.15, -0.1) is 6.58 Å². The lowest BCUT2D eigenvalue weighted by Crippen LogP contribution is -2.60. The van der Waals surface area contributed by atoms with Crippen molar-refractivity contribution in [3.8, 4) is 11.6 Å². The fourth-order valence-corrected chi connectivity index (χ4v) is 7.45. The largest absolute Gasteiger partial charge is 0.494 e. The number of carbonyl (C=O) groups excluding carboxylic acids is 3. The molecule has 2 aliphatic carbocycles. The van der Waals surface area contributed by atoms with Crippen molar-refractivity contribution in [3.63, 3.8) is 0 Å². The van der Waals surface area contributed by atoms with E-state index in [2.05, 4.69) is 26.9 Å². The summed E-state index contributed by atoms with van der Waals surface area (Å²) in [5.74, 6) is -2.18. The van der Waals surface area contributed by atoms with Gasteiger partial charge in [-0.3, -0.25) is 19.1 Å². The molecule has 4 N–H and O–H groups in total. The molecule has 2 saturated carbocycles. The van der Waals surface area contributed by atoms with E-state index >= 15 is 0 Å². The lowest BCUT2D eigenvalue weighted by molar-refractivity contribution is -0.142. The van der Waals surface area contributed by atoms with E-state index in [0.717, 1.165) is 0 Å². The summed E-state index contributed by atoms with van der Waals surface area (Å²) in [4.78, 5) is 58.7. The molecule has 1 saturated heterocycles. The predicted molar refractivity (Wildman–Crippen MR) is 172 cm³/mol. The average molecular weight is 692 g/mol. The third-order valence-corrected chi connectivity index (χ3v) is 10.8. The number of ether oxygens (including phenoxy) is 2. The Bertz CT molecular complexity index is 1740. The number of aromatic nitrogens is 1. The lowest BCUT2D eigenvalue weighted by Gasteiger charge is -2.35. The minimum atomic E-state index is -3.91. The number of hydrogen-bond donors (Lipinski definition) is 4. The molecule has 4 amide bonds. The highest BCUT2D eigenvalue weighted by Crippen LogP contribution is 2.45. The van der Waals surface area contributed by atoms with Gasteiger partial charge in [-0.2, -0.15) is 0 Å². The summed E-state index contributed by atoms with van der Waals surface area (Å²) >= 11 is 6.27. The zero-order valence-electron chi connectivity index (χ0n) is 26.4. The van der Waals surface area contributed by atoms with Gasteiger partial charge in [-0.05, 0) is 42.9 Å². The van der Waals surface area contributed by atoms with Crippen molar-refractivity contribution in [2.45, 2.75) is 75.4 Å². The second-order valence-corrected chi connectivity index (χ2v) is 15.6. The van der Waals surface area contributed by atoms with Crippen LogP contribution in [-0.2, 0) is 24.4 Å². The van der Waals surface area contributed by atoms with Crippen LogP contribution < -0.4 is 24.8 Å². The Kier molecular flexibility index (Phi) is 9.10. The number of nitrogens with zero attached hydrogens (tertiary/aromatic N) is 2. The second kappa shape index (κ2) is 12.5. The van der Waals surface area contributed by atoms with Crippen LogP contribution in [0.4, 0.5) is 4.79 Å². The summed E-state index contributed by atoms with van der Waals surface area (Å²) in [6, 6.07) is 2.63. The summed E-state index contributed by atoms with van der Waals surface area (Å²) in [5.41, 5.74) is -2.47. The van der Waals surface area contributed by atoms with Gasteiger partial charge in [0.2, 0.25) is 27.7 Å². The van der Waals surface area contributed by atoms with E-state index in [1.165, 1.54) is 24.3 Å². The van der Waals surface area contributed by atoms with E-state index < -0.39 is 74.1 Å². The van der Waals surface area contributed by atoms with Gasteiger partial charge in [0.05, 0.1) is 25.1 Å². The Hall–Kier alpha value is -4.11. The Morgan fingerprint density at radius 3 is 2.49 bits per heavy atom. The maximum Gasteiger partial charge on any atom is 0.405 e. The molecule has 16 heteroatoms. The zero-order chi connectivity index (χ0) is 34.5. The molecule has 1 aliphatic heterocycles. The Morgan fingerprint density at radius 2 is 1.91 bits per heavy atom. The minimum Gasteiger partial charge on any atom is -0.494 e. The van der Waals surface area contributed by atoms with Crippen LogP contribution in [0.5, 0.6) is 11.6 Å². The molecule has 1 aromatic carbocycles. The van der Waals surface area contributed by atoms with Crippen molar-refractivity contribution in [3.05, 3.63) is 42.1 Å². The highest BCUT2D eigenvalue weighted by atomic mass is 35.5. The van der Waals surface area contributed by atoms with E-state index in [9.17, 15) is 32.7 Å². The molecule has 2 aromatic rings. The number of benzene rings is 1. The molecule has 47 heavy (non-hydrogen) atoms. The molecule has 254 valence electrons. The Labute approximate surface area is 277 Å². The van der Waals surface area contributed by atoms with Crippen molar-refractivity contribution < 1.29 is 42.2 Å². The van der Waals surface area contributed by atoms with Gasteiger partial charge in [0.1, 0.15) is 29.5 Å². The number of carbonyl (C=O) groups is 4. The van der Waals surface area contributed by atoms with Crippen LogP contribution in [-0.4, -0.2) is 89.9 Å². The van der Waals surface area contributed by atoms with Crippen molar-refractivity contribution >= 4 is 56.2 Å². The highest BCUT2D eigenvalue weighted by Gasteiger charge is 2.62. The first kappa shape index (κ1) is 34.2. The third-order valence-electron chi connectivity index (χ3n) is 8.75. The molecule has 3 aliphatic rings. The van der Waals surface area contributed by atoms with Gasteiger partial charge in [-0.25, -0.2) is 18.2 Å². The fraction of sp³-hybridized carbons (Fsp3) is 0.516. The number of nitrogens with one attached hydrogen (secondary N) is 3. The minimum absolute atomic E-state index is 0.0475. The molecule has 5 atom stereocenters. The molecule has 0 bridgehead atoms. The van der Waals surface area contributed by atoms with E-state index in [-0.39, 0.29) is 25.3 Å². The van der Waals surface area contributed by atoms with Crippen LogP contribution in [0.3, 0.4) is 0 Å². The quantitative estimate of drug-likeness (QED) is 0.255. The smallest absolute Gasteiger partial charge is 0.405 e. The van der Waals surface area contributed by atoms with Crippen LogP contribution in [0, 0.1) is 11.3 Å². The molecule has 14 nitrogen and oxygen atoms in total. The van der Waals surface area contributed by atoms with E-state index in [1.807, 2.05) is 0 Å². The number of hydrogen-bond acceptors (Lipinski definition) is 9. The van der Waals surface area contributed by atoms with Gasteiger partial charge >= 0.3 is 6.09 Å². The van der Waals surface area contributed by atoms with Crippen molar-refractivity contribution in [2.75, 3.05) is 13.7 Å². The molecule has 1 aromatic heterocycles. The number of likely N-dealkylation sites (tertiary alicyclic amines) is 1. The van der Waals surface area contributed by atoms with Crippen LogP contribution >= 0.6 is 11.6 Å². The number of rotatable bonds is 11. The predicted octanol–water partition coefficient (Wildman–Crippen LogP) is 2.60. The van der Waals surface area contributed by atoms with E-state index in [4.69, 9.17) is 21.1 Å². The average Bonchev–Trinajstić information content (AvgIpc) is 3.92. The van der Waals surface area contributed by atoms with E-state index in [0.29, 0.717) is 34.4 Å². The number of amides is 4. The van der Waals surface area contributed by atoms with Crippen molar-refractivity contribution in [1.82, 2.24) is 25.2 Å². The molecule has 0 radical (unpaired) electrons. The maximum absolute atomic E-state index is 14.0. The summed E-state index contributed by atoms with van der Waals surface area (Å²) in [7, 11) is -2.41.